The van der Waals surface area contributed by atoms with E-state index in [2.05, 4.69) is 15.6 Å². The minimum Gasteiger partial charge on any atom is -0.325 e. The summed E-state index contributed by atoms with van der Waals surface area (Å²) in [4.78, 5) is 30.6. The molecular weight excluding hydrogens is 487 g/mol. The molecule has 190 valence electrons. The van der Waals surface area contributed by atoms with E-state index in [1.165, 1.54) is 23.9 Å². The van der Waals surface area contributed by atoms with Gasteiger partial charge in [-0.05, 0) is 86.3 Å². The number of carbonyl (C=O) groups excluding carboxylic acids is 2. The van der Waals surface area contributed by atoms with Crippen LogP contribution in [0.1, 0.15) is 23.6 Å². The monoisotopic (exact) mass is 516 g/mol. The predicted molar refractivity (Wildman–Crippen MR) is 147 cm³/mol. The van der Waals surface area contributed by atoms with Crippen LogP contribution in [0.4, 0.5) is 15.8 Å². The Kier molecular flexibility index (Phi) is 8.08. The van der Waals surface area contributed by atoms with E-state index in [0.29, 0.717) is 10.9 Å². The molecule has 0 spiro atoms. The van der Waals surface area contributed by atoms with Crippen molar-refractivity contribution in [1.82, 2.24) is 9.55 Å². The fourth-order valence-corrected chi connectivity index (χ4v) is 4.71. The third-order valence-corrected chi connectivity index (χ3v) is 7.09. The van der Waals surface area contributed by atoms with Crippen molar-refractivity contribution in [1.29, 1.82) is 0 Å². The molecule has 4 rings (SSSR count). The Morgan fingerprint density at radius 1 is 0.946 bits per heavy atom. The second kappa shape index (κ2) is 11.4. The summed E-state index contributed by atoms with van der Waals surface area (Å²) in [5.41, 5.74) is 5.84. The summed E-state index contributed by atoms with van der Waals surface area (Å²) in [5, 5.41) is 5.98. The molecule has 1 heterocycles. The van der Waals surface area contributed by atoms with E-state index >= 15 is 0 Å². The van der Waals surface area contributed by atoms with Gasteiger partial charge in [0.25, 0.3) is 0 Å². The number of carbonyl (C=O) groups is 2. The number of aromatic nitrogens is 2. The maximum atomic E-state index is 13.6. The first-order valence-electron chi connectivity index (χ1n) is 11.9. The van der Waals surface area contributed by atoms with Crippen molar-refractivity contribution in [3.8, 4) is 11.3 Å². The van der Waals surface area contributed by atoms with Crippen LogP contribution in [0.15, 0.2) is 78.1 Å². The second-order valence-electron chi connectivity index (χ2n) is 8.95. The van der Waals surface area contributed by atoms with Gasteiger partial charge in [-0.1, -0.05) is 42.1 Å². The van der Waals surface area contributed by atoms with Crippen molar-refractivity contribution in [3.05, 3.63) is 95.4 Å². The van der Waals surface area contributed by atoms with Crippen LogP contribution in [0.3, 0.4) is 0 Å². The van der Waals surface area contributed by atoms with E-state index in [4.69, 9.17) is 0 Å². The number of imidazole rings is 1. The molecule has 2 amide bonds. The molecule has 6 nitrogen and oxygen atoms in total. The standard InChI is InChI=1S/C29H29FN4O2S/c1-18-9-10-20(3)25(15-18)32-27(35)17-34-26(22-11-13-23(30)14-12-22)16-31-29(34)37-21(4)28(36)33-24-8-6-5-7-19(24)2/h5-16,21H,17H2,1-4H3,(H,32,35)(H,33,36)/t21-/m1/s1. The summed E-state index contributed by atoms with van der Waals surface area (Å²) in [6.07, 6.45) is 1.65. The molecule has 3 aromatic carbocycles. The molecule has 0 unspecified atom stereocenters. The van der Waals surface area contributed by atoms with Gasteiger partial charge in [-0.3, -0.25) is 9.59 Å². The fraction of sp³-hybridized carbons (Fsp3) is 0.207. The van der Waals surface area contributed by atoms with Crippen LogP contribution in [-0.2, 0) is 16.1 Å². The van der Waals surface area contributed by atoms with Gasteiger partial charge in [0.05, 0.1) is 17.1 Å². The van der Waals surface area contributed by atoms with Crippen LogP contribution in [0.2, 0.25) is 0 Å². The van der Waals surface area contributed by atoms with Gasteiger partial charge in [-0.25, -0.2) is 9.37 Å². The Morgan fingerprint density at radius 2 is 1.65 bits per heavy atom. The highest BCUT2D eigenvalue weighted by Gasteiger charge is 2.22. The zero-order valence-corrected chi connectivity index (χ0v) is 22.0. The lowest BCUT2D eigenvalue weighted by Crippen LogP contribution is -2.24. The van der Waals surface area contributed by atoms with Gasteiger partial charge < -0.3 is 15.2 Å². The van der Waals surface area contributed by atoms with E-state index in [1.54, 1.807) is 29.8 Å². The van der Waals surface area contributed by atoms with Crippen molar-refractivity contribution in [2.45, 2.75) is 44.6 Å². The van der Waals surface area contributed by atoms with Gasteiger partial charge in [0.15, 0.2) is 5.16 Å². The number of hydrogen-bond donors (Lipinski definition) is 2. The van der Waals surface area contributed by atoms with E-state index in [-0.39, 0.29) is 24.2 Å². The van der Waals surface area contributed by atoms with Crippen LogP contribution in [0.5, 0.6) is 0 Å². The summed E-state index contributed by atoms with van der Waals surface area (Å²) < 4.78 is 15.3. The number of anilines is 2. The quantitative estimate of drug-likeness (QED) is 0.267. The molecule has 0 aliphatic heterocycles. The lowest BCUT2D eigenvalue weighted by molar-refractivity contribution is -0.117. The fourth-order valence-electron chi connectivity index (χ4n) is 3.82. The highest BCUT2D eigenvalue weighted by atomic mass is 32.2. The first kappa shape index (κ1) is 26.2. The van der Waals surface area contributed by atoms with Gasteiger partial charge >= 0.3 is 0 Å². The van der Waals surface area contributed by atoms with Crippen LogP contribution in [0, 0.1) is 26.6 Å². The summed E-state index contributed by atoms with van der Waals surface area (Å²) in [6, 6.07) is 19.5. The zero-order chi connectivity index (χ0) is 26.5. The number of hydrogen-bond acceptors (Lipinski definition) is 4. The minimum atomic E-state index is -0.482. The summed E-state index contributed by atoms with van der Waals surface area (Å²) in [6.45, 7) is 7.62. The second-order valence-corrected chi connectivity index (χ2v) is 10.3. The molecule has 2 N–H and O–H groups in total. The molecule has 0 saturated heterocycles. The van der Waals surface area contributed by atoms with E-state index in [1.807, 2.05) is 63.2 Å². The predicted octanol–water partition coefficient (Wildman–Crippen LogP) is 6.37. The molecule has 0 aliphatic carbocycles. The van der Waals surface area contributed by atoms with Gasteiger partial charge in [-0.15, -0.1) is 0 Å². The smallest absolute Gasteiger partial charge is 0.244 e. The number of nitrogens with zero attached hydrogens (tertiary/aromatic N) is 2. The maximum absolute atomic E-state index is 13.6. The number of thioether (sulfide) groups is 1. The number of nitrogens with one attached hydrogen (secondary N) is 2. The normalized spacial score (nSPS) is 11.7. The lowest BCUT2D eigenvalue weighted by Gasteiger charge is -2.16. The summed E-state index contributed by atoms with van der Waals surface area (Å²) in [5.74, 6) is -0.746. The SMILES string of the molecule is Cc1ccc(C)c(NC(=O)Cn2c(-c3ccc(F)cc3)cnc2S[C@H](C)C(=O)Nc2ccccc2C)c1. The summed E-state index contributed by atoms with van der Waals surface area (Å²) in [7, 11) is 0. The molecule has 1 aromatic heterocycles. The molecule has 0 bridgehead atoms. The Labute approximate surface area is 220 Å². The molecule has 0 saturated carbocycles. The molecular formula is C29H29FN4O2S. The van der Waals surface area contributed by atoms with Crippen LogP contribution in [0.25, 0.3) is 11.3 Å². The van der Waals surface area contributed by atoms with Crippen LogP contribution in [-0.4, -0.2) is 26.6 Å². The molecule has 4 aromatic rings. The minimum absolute atomic E-state index is 0.0193. The lowest BCUT2D eigenvalue weighted by atomic mass is 10.1. The van der Waals surface area contributed by atoms with Crippen molar-refractivity contribution in [3.63, 3.8) is 0 Å². The summed E-state index contributed by atoms with van der Waals surface area (Å²) >= 11 is 1.26. The Hall–Kier alpha value is -3.91. The highest BCUT2D eigenvalue weighted by molar-refractivity contribution is 8.00. The average Bonchev–Trinajstić information content (AvgIpc) is 3.24. The third-order valence-electron chi connectivity index (χ3n) is 5.98. The van der Waals surface area contributed by atoms with Crippen LogP contribution >= 0.6 is 11.8 Å². The van der Waals surface area contributed by atoms with Gasteiger partial charge in [0.2, 0.25) is 11.8 Å². The number of amides is 2. The van der Waals surface area contributed by atoms with Crippen LogP contribution < -0.4 is 10.6 Å². The first-order valence-corrected chi connectivity index (χ1v) is 12.8. The number of aryl methyl sites for hydroxylation is 3. The van der Waals surface area contributed by atoms with E-state index in [9.17, 15) is 14.0 Å². The third kappa shape index (κ3) is 6.46. The molecule has 8 heteroatoms. The number of rotatable bonds is 8. The van der Waals surface area contributed by atoms with E-state index < -0.39 is 5.25 Å². The van der Waals surface area contributed by atoms with E-state index in [0.717, 1.165) is 33.6 Å². The molecule has 0 radical (unpaired) electrons. The molecule has 0 fully saturated rings. The Bertz CT molecular complexity index is 1430. The van der Waals surface area contributed by atoms with Crippen molar-refractivity contribution in [2.24, 2.45) is 0 Å². The van der Waals surface area contributed by atoms with Gasteiger partial charge in [0, 0.05) is 11.4 Å². The number of halogens is 1. The van der Waals surface area contributed by atoms with Crippen molar-refractivity contribution >= 4 is 35.0 Å². The largest absolute Gasteiger partial charge is 0.325 e. The molecule has 1 atom stereocenters. The Morgan fingerprint density at radius 3 is 2.38 bits per heavy atom. The first-order chi connectivity index (χ1) is 17.7. The maximum Gasteiger partial charge on any atom is 0.244 e. The van der Waals surface area contributed by atoms with Gasteiger partial charge in [-0.2, -0.15) is 0 Å². The van der Waals surface area contributed by atoms with Crippen molar-refractivity contribution in [2.75, 3.05) is 10.6 Å². The number of para-hydroxylation sites is 1. The average molecular weight is 517 g/mol. The Balaban J connectivity index is 1.59. The highest BCUT2D eigenvalue weighted by Crippen LogP contribution is 2.30. The molecule has 0 aliphatic rings. The van der Waals surface area contributed by atoms with Gasteiger partial charge in [0.1, 0.15) is 12.4 Å². The topological polar surface area (TPSA) is 76.0 Å². The van der Waals surface area contributed by atoms with Crippen molar-refractivity contribution < 1.29 is 14.0 Å². The zero-order valence-electron chi connectivity index (χ0n) is 21.2. The number of benzene rings is 3. The molecule has 37 heavy (non-hydrogen) atoms.